The molecule has 0 nitrogen and oxygen atoms in total. The van der Waals surface area contributed by atoms with Gasteiger partial charge in [-0.25, -0.2) is 0 Å². The van der Waals surface area contributed by atoms with Crippen LogP contribution in [0.25, 0.3) is 0 Å². The Morgan fingerprint density at radius 2 is 1.04 bits per heavy atom. The molecule has 4 aliphatic carbocycles. The lowest BCUT2D eigenvalue weighted by atomic mass is 9.58. The molecule has 0 aliphatic heterocycles. The summed E-state index contributed by atoms with van der Waals surface area (Å²) in [6.45, 7) is 0. The van der Waals surface area contributed by atoms with E-state index in [1.807, 2.05) is 0 Å². The molecule has 0 N–H and O–H groups in total. The van der Waals surface area contributed by atoms with E-state index in [1.165, 1.54) is 25.7 Å². The second-order valence-electron chi connectivity index (χ2n) is 10.5. The minimum Gasteiger partial charge on any atom is -0.0533 e. The van der Waals surface area contributed by atoms with Crippen LogP contribution in [-0.2, 0) is 0 Å². The summed E-state index contributed by atoms with van der Waals surface area (Å²) in [5.74, 6) is 6.74. The Kier molecular flexibility index (Phi) is 6.81. The van der Waals surface area contributed by atoms with Gasteiger partial charge in [0.15, 0.2) is 0 Å². The van der Waals surface area contributed by atoms with Gasteiger partial charge in [-0.1, -0.05) is 109 Å². The summed E-state index contributed by atoms with van der Waals surface area (Å²) in [6.07, 6.45) is 29.8. The maximum atomic E-state index is 1.64. The smallest absolute Gasteiger partial charge is 0.0355 e. The molecular weight excluding hydrogens is 300 g/mol. The lowest BCUT2D eigenvalue weighted by Crippen LogP contribution is -2.38. The number of fused-ring (bicyclic) bond motifs is 1. The molecule has 144 valence electrons. The molecule has 0 aromatic heterocycles. The minimum absolute atomic E-state index is 1.10. The van der Waals surface area contributed by atoms with Crippen LogP contribution in [0.2, 0.25) is 0 Å². The number of rotatable bonds is 5. The highest BCUT2D eigenvalue weighted by atomic mass is 14.5. The third-order valence-corrected chi connectivity index (χ3v) is 9.02. The summed E-state index contributed by atoms with van der Waals surface area (Å²) in [5.41, 5.74) is 0. The van der Waals surface area contributed by atoms with Crippen molar-refractivity contribution in [3.8, 4) is 0 Å². The molecule has 4 unspecified atom stereocenters. The molecule has 25 heavy (non-hydrogen) atoms. The van der Waals surface area contributed by atoms with Gasteiger partial charge in [-0.05, 0) is 48.3 Å². The van der Waals surface area contributed by atoms with Crippen LogP contribution >= 0.6 is 0 Å². The predicted molar refractivity (Wildman–Crippen MR) is 109 cm³/mol. The molecule has 4 rings (SSSR count). The van der Waals surface area contributed by atoms with Crippen LogP contribution in [0.15, 0.2) is 0 Å². The highest BCUT2D eigenvalue weighted by Gasteiger charge is 2.40. The summed E-state index contributed by atoms with van der Waals surface area (Å²) < 4.78 is 0. The Balaban J connectivity index is 1.33. The van der Waals surface area contributed by atoms with Crippen LogP contribution < -0.4 is 0 Å². The second kappa shape index (κ2) is 9.27. The Bertz CT molecular complexity index is 373. The second-order valence-corrected chi connectivity index (χ2v) is 10.5. The van der Waals surface area contributed by atoms with E-state index in [2.05, 4.69) is 0 Å². The summed E-state index contributed by atoms with van der Waals surface area (Å²) >= 11 is 0. The van der Waals surface area contributed by atoms with Gasteiger partial charge in [-0.3, -0.25) is 0 Å². The van der Waals surface area contributed by atoms with E-state index in [0.717, 1.165) is 35.5 Å². The molecule has 4 atom stereocenters. The van der Waals surface area contributed by atoms with Crippen molar-refractivity contribution in [2.75, 3.05) is 0 Å². The molecule has 0 heterocycles. The Labute approximate surface area is 157 Å². The molecule has 0 amide bonds. The minimum atomic E-state index is 1.10. The number of hydrogen-bond donors (Lipinski definition) is 0. The van der Waals surface area contributed by atoms with Crippen molar-refractivity contribution in [3.05, 3.63) is 0 Å². The Hall–Kier alpha value is 0. The zero-order valence-electron chi connectivity index (χ0n) is 16.9. The highest BCUT2D eigenvalue weighted by molar-refractivity contribution is 4.91. The molecule has 0 spiro atoms. The van der Waals surface area contributed by atoms with Gasteiger partial charge in [0.25, 0.3) is 0 Å². The zero-order chi connectivity index (χ0) is 16.9. The first-order valence-corrected chi connectivity index (χ1v) is 12.4. The van der Waals surface area contributed by atoms with Crippen molar-refractivity contribution < 1.29 is 0 Å². The first-order chi connectivity index (χ1) is 12.4. The van der Waals surface area contributed by atoms with Crippen LogP contribution in [0.4, 0.5) is 0 Å². The molecule has 0 aromatic carbocycles. The first kappa shape index (κ1) is 18.4. The topological polar surface area (TPSA) is 0 Å². The molecule has 0 aromatic rings. The van der Waals surface area contributed by atoms with Crippen LogP contribution in [0.3, 0.4) is 0 Å². The van der Waals surface area contributed by atoms with Gasteiger partial charge in [-0.2, -0.15) is 0 Å². The largest absolute Gasteiger partial charge is 0.0533 e. The van der Waals surface area contributed by atoms with E-state index < -0.39 is 0 Å². The third kappa shape index (κ3) is 4.84. The average molecular weight is 345 g/mol. The van der Waals surface area contributed by atoms with Crippen LogP contribution in [0.5, 0.6) is 0 Å². The quantitative estimate of drug-likeness (QED) is 0.472. The van der Waals surface area contributed by atoms with Crippen molar-refractivity contribution in [3.63, 3.8) is 0 Å². The monoisotopic (exact) mass is 344 g/mol. The molecule has 0 bridgehead atoms. The lowest BCUT2D eigenvalue weighted by molar-refractivity contribution is 0.0287. The van der Waals surface area contributed by atoms with E-state index in [4.69, 9.17) is 0 Å². The van der Waals surface area contributed by atoms with Crippen LogP contribution in [0.1, 0.15) is 122 Å². The van der Waals surface area contributed by atoms with E-state index in [-0.39, 0.29) is 0 Å². The van der Waals surface area contributed by atoms with Gasteiger partial charge in [0.1, 0.15) is 0 Å². The third-order valence-electron chi connectivity index (χ3n) is 9.02. The zero-order valence-corrected chi connectivity index (χ0v) is 16.9. The molecule has 0 radical (unpaired) electrons. The summed E-state index contributed by atoms with van der Waals surface area (Å²) in [4.78, 5) is 0. The van der Waals surface area contributed by atoms with Gasteiger partial charge < -0.3 is 0 Å². The maximum absolute atomic E-state index is 1.64. The first-order valence-electron chi connectivity index (χ1n) is 12.4. The predicted octanol–water partition coefficient (Wildman–Crippen LogP) is 8.15. The van der Waals surface area contributed by atoms with Crippen LogP contribution in [0, 0.1) is 35.5 Å². The van der Waals surface area contributed by atoms with Gasteiger partial charge in [0.05, 0.1) is 0 Å². The van der Waals surface area contributed by atoms with Crippen molar-refractivity contribution in [2.24, 2.45) is 35.5 Å². The molecule has 0 saturated heterocycles. The average Bonchev–Trinajstić information content (AvgIpc) is 2.69. The van der Waals surface area contributed by atoms with Gasteiger partial charge in [0, 0.05) is 0 Å². The van der Waals surface area contributed by atoms with E-state index in [9.17, 15) is 0 Å². The van der Waals surface area contributed by atoms with Crippen molar-refractivity contribution in [1.82, 2.24) is 0 Å². The van der Waals surface area contributed by atoms with Gasteiger partial charge in [-0.15, -0.1) is 0 Å². The maximum Gasteiger partial charge on any atom is -0.0355 e. The van der Waals surface area contributed by atoms with E-state index in [0.29, 0.717) is 0 Å². The lowest BCUT2D eigenvalue weighted by Gasteiger charge is -2.47. The summed E-state index contributed by atoms with van der Waals surface area (Å²) in [7, 11) is 0. The fraction of sp³-hybridized carbons (Fsp3) is 1.00. The van der Waals surface area contributed by atoms with Crippen LogP contribution in [-0.4, -0.2) is 0 Å². The molecular formula is C25H44. The van der Waals surface area contributed by atoms with Crippen molar-refractivity contribution in [2.45, 2.75) is 122 Å². The van der Waals surface area contributed by atoms with E-state index >= 15 is 0 Å². The molecule has 0 heteroatoms. The standard InChI is InChI=1S/C25H44/c1-3-10-20(11-4-1)12-9-17-24-18-22-15-7-8-16-23(22)19-25(24)21-13-5-2-6-14-21/h20-25H,1-19H2. The Morgan fingerprint density at radius 3 is 1.76 bits per heavy atom. The SMILES string of the molecule is C1CCC(CCCC2CC3CCCCC3CC2C2CCCCC2)CC1. The number of hydrogen-bond acceptors (Lipinski definition) is 0. The van der Waals surface area contributed by atoms with Crippen molar-refractivity contribution >= 4 is 0 Å². The fourth-order valence-electron chi connectivity index (χ4n) is 7.63. The molecule has 4 saturated carbocycles. The summed E-state index contributed by atoms with van der Waals surface area (Å²) in [5, 5.41) is 0. The van der Waals surface area contributed by atoms with Crippen molar-refractivity contribution in [1.29, 1.82) is 0 Å². The van der Waals surface area contributed by atoms with Gasteiger partial charge >= 0.3 is 0 Å². The normalized spacial score (nSPS) is 38.4. The van der Waals surface area contributed by atoms with Gasteiger partial charge in [0.2, 0.25) is 0 Å². The van der Waals surface area contributed by atoms with E-state index in [1.54, 1.807) is 96.3 Å². The summed E-state index contributed by atoms with van der Waals surface area (Å²) in [6, 6.07) is 0. The molecule has 4 aliphatic rings. The highest BCUT2D eigenvalue weighted by Crippen LogP contribution is 2.51. The molecule has 4 fully saturated rings. The Morgan fingerprint density at radius 1 is 0.480 bits per heavy atom. The fourth-order valence-corrected chi connectivity index (χ4v) is 7.63.